The molecule has 0 saturated heterocycles. The molecule has 2 aromatic rings. The average molecular weight is 361 g/mol. The molecule has 2 atom stereocenters. The minimum absolute atomic E-state index is 0.149. The SMILES string of the molecule is O=C(NCCc1ccccn1)C12CC3CC(C1)CC(c1ccccc1)(C3)C2. The van der Waals surface area contributed by atoms with Gasteiger partial charge < -0.3 is 5.32 Å². The van der Waals surface area contributed by atoms with E-state index in [4.69, 9.17) is 0 Å². The molecule has 27 heavy (non-hydrogen) atoms. The Morgan fingerprint density at radius 1 is 1.00 bits per heavy atom. The van der Waals surface area contributed by atoms with Crippen molar-refractivity contribution in [1.82, 2.24) is 10.3 Å². The molecule has 0 spiro atoms. The molecule has 0 radical (unpaired) electrons. The number of benzene rings is 1. The fourth-order valence-electron chi connectivity index (χ4n) is 6.70. The van der Waals surface area contributed by atoms with Crippen molar-refractivity contribution >= 4 is 5.91 Å². The van der Waals surface area contributed by atoms with E-state index in [1.54, 1.807) is 0 Å². The molecule has 4 bridgehead atoms. The van der Waals surface area contributed by atoms with Crippen LogP contribution in [0.25, 0.3) is 0 Å². The smallest absolute Gasteiger partial charge is 0.226 e. The molecule has 1 aromatic heterocycles. The predicted octanol–water partition coefficient (Wildman–Crippen LogP) is 4.28. The summed E-state index contributed by atoms with van der Waals surface area (Å²) < 4.78 is 0. The van der Waals surface area contributed by atoms with E-state index >= 15 is 0 Å². The topological polar surface area (TPSA) is 42.0 Å². The Balaban J connectivity index is 1.34. The molecule has 1 heterocycles. The Hall–Kier alpha value is -2.16. The van der Waals surface area contributed by atoms with Crippen molar-refractivity contribution < 1.29 is 4.79 Å². The van der Waals surface area contributed by atoms with Gasteiger partial charge in [-0.3, -0.25) is 9.78 Å². The van der Waals surface area contributed by atoms with Gasteiger partial charge in [0.2, 0.25) is 5.91 Å². The summed E-state index contributed by atoms with van der Waals surface area (Å²) >= 11 is 0. The molecule has 4 aliphatic carbocycles. The van der Waals surface area contributed by atoms with Crippen molar-refractivity contribution in [2.45, 2.75) is 50.4 Å². The highest BCUT2D eigenvalue weighted by Crippen LogP contribution is 2.65. The number of amides is 1. The second kappa shape index (κ2) is 6.47. The first kappa shape index (κ1) is 17.0. The summed E-state index contributed by atoms with van der Waals surface area (Å²) in [6.07, 6.45) is 9.72. The summed E-state index contributed by atoms with van der Waals surface area (Å²) in [5.74, 6) is 1.73. The highest BCUT2D eigenvalue weighted by molar-refractivity contribution is 5.83. The van der Waals surface area contributed by atoms with Gasteiger partial charge in [-0.1, -0.05) is 36.4 Å². The first-order chi connectivity index (χ1) is 13.2. The van der Waals surface area contributed by atoms with Crippen molar-refractivity contribution in [2.75, 3.05) is 6.54 Å². The van der Waals surface area contributed by atoms with Crippen LogP contribution in [0, 0.1) is 17.3 Å². The number of carbonyl (C=O) groups excluding carboxylic acids is 1. The lowest BCUT2D eigenvalue weighted by molar-refractivity contribution is -0.149. The monoisotopic (exact) mass is 360 g/mol. The largest absolute Gasteiger partial charge is 0.355 e. The second-order valence-corrected chi connectivity index (χ2v) is 9.21. The fraction of sp³-hybridized carbons (Fsp3) is 0.500. The van der Waals surface area contributed by atoms with E-state index < -0.39 is 0 Å². The molecule has 2 unspecified atom stereocenters. The molecule has 4 saturated carbocycles. The Bertz CT molecular complexity index is 803. The lowest BCUT2D eigenvalue weighted by Crippen LogP contribution is -2.59. The minimum Gasteiger partial charge on any atom is -0.355 e. The van der Waals surface area contributed by atoms with Crippen LogP contribution in [-0.2, 0) is 16.6 Å². The van der Waals surface area contributed by atoms with E-state index in [2.05, 4.69) is 40.6 Å². The number of carbonyl (C=O) groups is 1. The average Bonchev–Trinajstić information content (AvgIpc) is 2.68. The van der Waals surface area contributed by atoms with Gasteiger partial charge in [-0.25, -0.2) is 0 Å². The van der Waals surface area contributed by atoms with Crippen LogP contribution in [0.1, 0.15) is 49.8 Å². The Kier molecular flexibility index (Phi) is 4.07. The lowest BCUT2D eigenvalue weighted by Gasteiger charge is -2.61. The number of aromatic nitrogens is 1. The first-order valence-corrected chi connectivity index (χ1v) is 10.4. The van der Waals surface area contributed by atoms with Crippen molar-refractivity contribution in [3.8, 4) is 0 Å². The maximum Gasteiger partial charge on any atom is 0.226 e. The molecule has 1 N–H and O–H groups in total. The second-order valence-electron chi connectivity index (χ2n) is 9.21. The van der Waals surface area contributed by atoms with Gasteiger partial charge in [0.15, 0.2) is 0 Å². The van der Waals surface area contributed by atoms with E-state index in [-0.39, 0.29) is 10.8 Å². The summed E-state index contributed by atoms with van der Waals surface area (Å²) in [7, 11) is 0. The molecule has 140 valence electrons. The van der Waals surface area contributed by atoms with Gasteiger partial charge in [0.1, 0.15) is 0 Å². The molecule has 0 aliphatic heterocycles. The van der Waals surface area contributed by atoms with Crippen LogP contribution in [0.2, 0.25) is 0 Å². The third kappa shape index (κ3) is 2.97. The zero-order valence-electron chi connectivity index (χ0n) is 15.9. The number of pyridine rings is 1. The van der Waals surface area contributed by atoms with Crippen molar-refractivity contribution in [1.29, 1.82) is 0 Å². The van der Waals surface area contributed by atoms with Crippen LogP contribution in [0.15, 0.2) is 54.7 Å². The normalized spacial score (nSPS) is 33.8. The van der Waals surface area contributed by atoms with Crippen LogP contribution in [-0.4, -0.2) is 17.4 Å². The molecule has 1 amide bonds. The summed E-state index contributed by atoms with van der Waals surface area (Å²) in [6.45, 7) is 0.686. The summed E-state index contributed by atoms with van der Waals surface area (Å²) in [6, 6.07) is 17.0. The predicted molar refractivity (Wildman–Crippen MR) is 106 cm³/mol. The van der Waals surface area contributed by atoms with E-state index in [1.165, 1.54) is 24.8 Å². The maximum atomic E-state index is 13.3. The number of hydrogen-bond donors (Lipinski definition) is 1. The number of nitrogens with zero attached hydrogens (tertiary/aromatic N) is 1. The zero-order chi connectivity index (χ0) is 18.3. The standard InChI is InChI=1S/C24H28N2O/c27-22(26-11-9-21-8-4-5-10-25-21)24-15-18-12-19(16-24)14-23(13-18,17-24)20-6-2-1-3-7-20/h1-8,10,18-19H,9,11-17H2,(H,26,27). The van der Waals surface area contributed by atoms with Gasteiger partial charge >= 0.3 is 0 Å². The van der Waals surface area contributed by atoms with Crippen molar-refractivity contribution in [3.05, 3.63) is 66.0 Å². The number of nitrogens with one attached hydrogen (secondary N) is 1. The third-order valence-electron chi connectivity index (χ3n) is 7.32. The Labute approximate surface area is 161 Å². The molecule has 3 nitrogen and oxygen atoms in total. The van der Waals surface area contributed by atoms with Gasteiger partial charge in [0, 0.05) is 24.9 Å². The van der Waals surface area contributed by atoms with E-state index in [0.717, 1.165) is 31.4 Å². The first-order valence-electron chi connectivity index (χ1n) is 10.4. The number of rotatable bonds is 5. The van der Waals surface area contributed by atoms with Crippen LogP contribution in [0.5, 0.6) is 0 Å². The highest BCUT2D eigenvalue weighted by Gasteiger charge is 2.60. The van der Waals surface area contributed by atoms with Gasteiger partial charge in [-0.05, 0) is 73.5 Å². The molecule has 6 rings (SSSR count). The van der Waals surface area contributed by atoms with Gasteiger partial charge in [0.05, 0.1) is 5.41 Å². The molecule has 3 heteroatoms. The molecule has 4 fully saturated rings. The van der Waals surface area contributed by atoms with Gasteiger partial charge in [-0.2, -0.15) is 0 Å². The summed E-state index contributed by atoms with van der Waals surface area (Å²) in [5.41, 5.74) is 2.59. The fourth-order valence-corrected chi connectivity index (χ4v) is 6.70. The van der Waals surface area contributed by atoms with Crippen LogP contribution in [0.4, 0.5) is 0 Å². The zero-order valence-corrected chi connectivity index (χ0v) is 15.9. The molecular weight excluding hydrogens is 332 g/mol. The molecular formula is C24H28N2O. The van der Waals surface area contributed by atoms with Gasteiger partial charge in [-0.15, -0.1) is 0 Å². The summed E-state index contributed by atoms with van der Waals surface area (Å²) in [5, 5.41) is 3.28. The van der Waals surface area contributed by atoms with Crippen molar-refractivity contribution in [3.63, 3.8) is 0 Å². The Morgan fingerprint density at radius 2 is 1.74 bits per heavy atom. The van der Waals surface area contributed by atoms with Crippen LogP contribution in [0.3, 0.4) is 0 Å². The quantitative estimate of drug-likeness (QED) is 0.865. The van der Waals surface area contributed by atoms with Gasteiger partial charge in [0.25, 0.3) is 0 Å². The van der Waals surface area contributed by atoms with Crippen molar-refractivity contribution in [2.24, 2.45) is 17.3 Å². The summed E-state index contributed by atoms with van der Waals surface area (Å²) in [4.78, 5) is 17.7. The van der Waals surface area contributed by atoms with Crippen LogP contribution >= 0.6 is 0 Å². The maximum absolute atomic E-state index is 13.3. The van der Waals surface area contributed by atoms with E-state index in [9.17, 15) is 4.79 Å². The lowest BCUT2D eigenvalue weighted by atomic mass is 9.42. The van der Waals surface area contributed by atoms with E-state index in [1.807, 2.05) is 24.4 Å². The molecule has 1 aromatic carbocycles. The highest BCUT2D eigenvalue weighted by atomic mass is 16.2. The van der Waals surface area contributed by atoms with E-state index in [0.29, 0.717) is 24.3 Å². The third-order valence-corrected chi connectivity index (χ3v) is 7.32. The Morgan fingerprint density at radius 3 is 2.44 bits per heavy atom. The minimum atomic E-state index is -0.149. The number of hydrogen-bond acceptors (Lipinski definition) is 2. The van der Waals surface area contributed by atoms with Crippen LogP contribution < -0.4 is 5.32 Å². The molecule has 4 aliphatic rings.